The summed E-state index contributed by atoms with van der Waals surface area (Å²) in [5.74, 6) is -1.91. The van der Waals surface area contributed by atoms with Gasteiger partial charge in [-0.25, -0.2) is 32.9 Å². The maximum atomic E-state index is 14.6. The van der Waals surface area contributed by atoms with Crippen LogP contribution in [0.4, 0.5) is 20.4 Å². The lowest BCUT2D eigenvalue weighted by atomic mass is 10.2. The van der Waals surface area contributed by atoms with Gasteiger partial charge in [0, 0.05) is 42.7 Å². The fourth-order valence-electron chi connectivity index (χ4n) is 3.70. The Morgan fingerprint density at radius 1 is 0.946 bits per heavy atom. The quantitative estimate of drug-likeness (QED) is 0.325. The number of nitrogens with zero attached hydrogens (tertiary/aromatic N) is 7. The molecule has 0 amide bonds. The van der Waals surface area contributed by atoms with Gasteiger partial charge in [-0.15, -0.1) is 0 Å². The third-order valence-corrected chi connectivity index (χ3v) is 6.04. The van der Waals surface area contributed by atoms with Crippen LogP contribution in [0.25, 0.3) is 10.9 Å². The second-order valence-corrected chi connectivity index (χ2v) is 8.83. The molecule has 0 aliphatic heterocycles. The van der Waals surface area contributed by atoms with Gasteiger partial charge >= 0.3 is 11.4 Å². The highest BCUT2D eigenvalue weighted by atomic mass is 35.5. The molecule has 188 valence electrons. The molecule has 0 spiro atoms. The van der Waals surface area contributed by atoms with E-state index in [9.17, 15) is 18.4 Å². The van der Waals surface area contributed by atoms with Crippen LogP contribution in [0.2, 0.25) is 10.0 Å². The topological polar surface area (TPSA) is 113 Å². The minimum absolute atomic E-state index is 0.103. The molecule has 10 nitrogen and oxygen atoms in total. The fourth-order valence-corrected chi connectivity index (χ4v) is 4.09. The first kappa shape index (κ1) is 24.5. The zero-order chi connectivity index (χ0) is 26.3. The number of halogens is 4. The van der Waals surface area contributed by atoms with Crippen LogP contribution < -0.4 is 16.7 Å². The molecule has 0 bridgehead atoms. The van der Waals surface area contributed by atoms with Gasteiger partial charge in [-0.3, -0.25) is 9.25 Å². The largest absolute Gasteiger partial charge is 0.355 e. The second-order valence-electron chi connectivity index (χ2n) is 8.01. The smallest absolute Gasteiger partial charge is 0.324 e. The van der Waals surface area contributed by atoms with Crippen LogP contribution in [0.5, 0.6) is 0 Å². The van der Waals surface area contributed by atoms with Crippen LogP contribution in [0, 0.1) is 11.6 Å². The van der Waals surface area contributed by atoms with E-state index in [0.29, 0.717) is 17.3 Å². The summed E-state index contributed by atoms with van der Waals surface area (Å²) in [5, 5.41) is 7.81. The highest BCUT2D eigenvalue weighted by Crippen LogP contribution is 2.29. The van der Waals surface area contributed by atoms with E-state index in [1.807, 2.05) is 0 Å². The lowest BCUT2D eigenvalue weighted by molar-refractivity contribution is 0.545. The Morgan fingerprint density at radius 3 is 2.46 bits per heavy atom. The number of rotatable bonds is 6. The third kappa shape index (κ3) is 4.93. The average molecular weight is 545 g/mol. The number of fused-ring (bicyclic) bond motifs is 1. The van der Waals surface area contributed by atoms with Crippen molar-refractivity contribution in [2.45, 2.75) is 13.1 Å². The molecule has 1 N–H and O–H groups in total. The SMILES string of the molecule is Cn1cc2cc(Nc3nc(=O)n(Cc4ncccn4)c(=O)n3Cc3cc(Cl)c(F)cc3F)c(Cl)cc2n1. The summed E-state index contributed by atoms with van der Waals surface area (Å²) in [6, 6.07) is 6.53. The van der Waals surface area contributed by atoms with E-state index in [1.54, 1.807) is 36.1 Å². The van der Waals surface area contributed by atoms with E-state index >= 15 is 0 Å². The van der Waals surface area contributed by atoms with Gasteiger partial charge in [-0.1, -0.05) is 23.2 Å². The van der Waals surface area contributed by atoms with Crippen molar-refractivity contribution in [3.05, 3.63) is 103 Å². The average Bonchev–Trinajstić information content (AvgIpc) is 3.21. The predicted octanol–water partition coefficient (Wildman–Crippen LogP) is 3.51. The van der Waals surface area contributed by atoms with Crippen molar-refractivity contribution in [3.8, 4) is 0 Å². The molecular weight excluding hydrogens is 529 g/mol. The molecule has 5 aromatic rings. The number of hydrogen-bond acceptors (Lipinski definition) is 7. The molecule has 0 unspecified atom stereocenters. The summed E-state index contributed by atoms with van der Waals surface area (Å²) >= 11 is 12.3. The van der Waals surface area contributed by atoms with Gasteiger partial charge in [0.05, 0.1) is 34.3 Å². The first-order chi connectivity index (χ1) is 17.7. The van der Waals surface area contributed by atoms with Crippen molar-refractivity contribution in [2.75, 3.05) is 5.32 Å². The molecule has 5 rings (SSSR count). The maximum Gasteiger partial charge on any atom is 0.355 e. The standard InChI is InChI=1S/C23H16Cl2F2N8O2/c1-33-9-13-6-19(15(25)7-18(13)32-33)30-21-31-22(36)35(11-20-28-3-2-4-29-20)23(37)34(21)10-12-5-14(24)17(27)8-16(12)26/h2-9H,10-11H2,1H3,(H,30,31,36). The zero-order valence-corrected chi connectivity index (χ0v) is 20.5. The van der Waals surface area contributed by atoms with Crippen LogP contribution in [-0.2, 0) is 20.1 Å². The molecule has 3 heterocycles. The van der Waals surface area contributed by atoms with Crippen LogP contribution in [-0.4, -0.2) is 33.9 Å². The van der Waals surface area contributed by atoms with Crippen LogP contribution >= 0.6 is 23.2 Å². The number of nitrogens with one attached hydrogen (secondary N) is 1. The van der Waals surface area contributed by atoms with Crippen LogP contribution in [0.3, 0.4) is 0 Å². The zero-order valence-electron chi connectivity index (χ0n) is 19.0. The summed E-state index contributed by atoms with van der Waals surface area (Å²) in [4.78, 5) is 38.4. The fraction of sp³-hybridized carbons (Fsp3) is 0.130. The monoisotopic (exact) mass is 544 g/mol. The van der Waals surface area contributed by atoms with Crippen LogP contribution in [0.15, 0.2) is 58.5 Å². The Labute approximate surface area is 216 Å². The number of aromatic nitrogens is 7. The molecule has 2 aromatic carbocycles. The third-order valence-electron chi connectivity index (χ3n) is 5.44. The lowest BCUT2D eigenvalue weighted by Crippen LogP contribution is -2.43. The van der Waals surface area contributed by atoms with Gasteiger partial charge in [0.15, 0.2) is 0 Å². The van der Waals surface area contributed by atoms with Gasteiger partial charge in [0.1, 0.15) is 17.5 Å². The minimum atomic E-state index is -0.950. The van der Waals surface area contributed by atoms with Crippen molar-refractivity contribution >= 4 is 45.7 Å². The van der Waals surface area contributed by atoms with E-state index in [-0.39, 0.29) is 33.9 Å². The lowest BCUT2D eigenvalue weighted by Gasteiger charge is -2.16. The van der Waals surface area contributed by atoms with Gasteiger partial charge in [-0.05, 0) is 24.3 Å². The van der Waals surface area contributed by atoms with Gasteiger partial charge in [-0.2, -0.15) is 10.1 Å². The summed E-state index contributed by atoms with van der Waals surface area (Å²) in [5.41, 5.74) is -0.886. The van der Waals surface area contributed by atoms with Crippen molar-refractivity contribution in [1.82, 2.24) is 33.9 Å². The van der Waals surface area contributed by atoms with E-state index in [4.69, 9.17) is 23.2 Å². The molecule has 0 aliphatic rings. The summed E-state index contributed by atoms with van der Waals surface area (Å²) in [6.07, 6.45) is 4.68. The molecule has 14 heteroatoms. The summed E-state index contributed by atoms with van der Waals surface area (Å²) in [7, 11) is 1.75. The molecule has 0 saturated carbocycles. The van der Waals surface area contributed by atoms with Crippen molar-refractivity contribution in [3.63, 3.8) is 0 Å². The molecule has 0 fully saturated rings. The van der Waals surface area contributed by atoms with Gasteiger partial charge in [0.2, 0.25) is 5.95 Å². The van der Waals surface area contributed by atoms with Gasteiger partial charge < -0.3 is 5.32 Å². The molecule has 0 atom stereocenters. The van der Waals surface area contributed by atoms with E-state index in [0.717, 1.165) is 20.6 Å². The Balaban J connectivity index is 1.65. The molecule has 37 heavy (non-hydrogen) atoms. The van der Waals surface area contributed by atoms with E-state index in [1.165, 1.54) is 12.4 Å². The Hall–Kier alpha value is -4.16. The minimum Gasteiger partial charge on any atom is -0.324 e. The predicted molar refractivity (Wildman–Crippen MR) is 133 cm³/mol. The normalized spacial score (nSPS) is 11.3. The molecule has 0 aliphatic carbocycles. The highest BCUT2D eigenvalue weighted by molar-refractivity contribution is 6.34. The van der Waals surface area contributed by atoms with Crippen molar-refractivity contribution < 1.29 is 8.78 Å². The number of anilines is 2. The number of benzene rings is 2. The summed E-state index contributed by atoms with van der Waals surface area (Å²) < 4.78 is 31.8. The first-order valence-corrected chi connectivity index (χ1v) is 11.5. The second kappa shape index (κ2) is 9.71. The highest BCUT2D eigenvalue weighted by Gasteiger charge is 2.19. The van der Waals surface area contributed by atoms with E-state index in [2.05, 4.69) is 25.4 Å². The molecule has 0 saturated heterocycles. The maximum absolute atomic E-state index is 14.6. The number of hydrogen-bond donors (Lipinski definition) is 1. The molecule has 0 radical (unpaired) electrons. The summed E-state index contributed by atoms with van der Waals surface area (Å²) in [6.45, 7) is -0.705. The Bertz CT molecular complexity index is 1770. The number of aryl methyl sites for hydroxylation is 1. The van der Waals surface area contributed by atoms with Crippen molar-refractivity contribution in [2.24, 2.45) is 7.05 Å². The van der Waals surface area contributed by atoms with Crippen molar-refractivity contribution in [1.29, 1.82) is 0 Å². The Kier molecular flexibility index (Phi) is 6.44. The van der Waals surface area contributed by atoms with Gasteiger partial charge in [0.25, 0.3) is 0 Å². The van der Waals surface area contributed by atoms with Crippen LogP contribution in [0.1, 0.15) is 11.4 Å². The van der Waals surface area contributed by atoms with E-state index < -0.39 is 29.6 Å². The molecule has 3 aromatic heterocycles. The molecular formula is C23H16Cl2F2N8O2. The first-order valence-electron chi connectivity index (χ1n) is 10.7. The Morgan fingerprint density at radius 2 is 1.70 bits per heavy atom.